The van der Waals surface area contributed by atoms with Crippen LogP contribution < -0.4 is 5.32 Å². The Labute approximate surface area is 62.9 Å². The Bertz CT molecular complexity index is 83.3. The minimum atomic E-state index is -0.349. The van der Waals surface area contributed by atoms with Crippen molar-refractivity contribution in [2.45, 2.75) is 32.4 Å². The van der Waals surface area contributed by atoms with E-state index >= 15 is 0 Å². The number of hydrogen-bond acceptors (Lipinski definition) is 2. The largest absolute Gasteiger partial charge is 0.379 e. The van der Waals surface area contributed by atoms with Gasteiger partial charge >= 0.3 is 0 Å². The molecule has 0 aliphatic carbocycles. The minimum absolute atomic E-state index is 0.349. The van der Waals surface area contributed by atoms with Crippen LogP contribution >= 0.6 is 0 Å². The molecule has 0 saturated carbocycles. The molecule has 2 nitrogen and oxygen atoms in total. The summed E-state index contributed by atoms with van der Waals surface area (Å²) in [6.07, 6.45) is 4.44. The van der Waals surface area contributed by atoms with Gasteiger partial charge in [0, 0.05) is 6.54 Å². The molecule has 0 aromatic heterocycles. The van der Waals surface area contributed by atoms with Gasteiger partial charge < -0.3 is 5.11 Å². The Morgan fingerprint density at radius 1 is 1.70 bits per heavy atom. The summed E-state index contributed by atoms with van der Waals surface area (Å²) < 4.78 is 0. The molecule has 0 radical (unpaired) electrons. The topological polar surface area (TPSA) is 32.3 Å². The summed E-state index contributed by atoms with van der Waals surface area (Å²) in [7, 11) is 0. The first-order valence-electron chi connectivity index (χ1n) is 3.83. The Morgan fingerprint density at radius 2 is 2.40 bits per heavy atom. The molecule has 0 rings (SSSR count). The molecule has 0 spiro atoms. The monoisotopic (exact) mass is 143 g/mol. The molecule has 60 valence electrons. The molecule has 0 saturated heterocycles. The fourth-order valence-electron chi connectivity index (χ4n) is 0.719. The average molecular weight is 143 g/mol. The van der Waals surface area contributed by atoms with Gasteiger partial charge in [-0.25, -0.2) is 0 Å². The fraction of sp³-hybridized carbons (Fsp3) is 0.750. The van der Waals surface area contributed by atoms with Gasteiger partial charge in [0.2, 0.25) is 0 Å². The first-order chi connectivity index (χ1) is 4.81. The van der Waals surface area contributed by atoms with Crippen molar-refractivity contribution >= 4 is 0 Å². The number of unbranched alkanes of at least 4 members (excludes halogenated alkanes) is 1. The normalized spacial score (nSPS) is 13.0. The van der Waals surface area contributed by atoms with Gasteiger partial charge in [-0.15, -0.1) is 6.58 Å². The van der Waals surface area contributed by atoms with Crippen LogP contribution in [0.3, 0.4) is 0 Å². The standard InChI is InChI=1S/C8H17NO/c1-3-5-6-8(10)9-7-4-2/h4,8-10H,2-3,5-7H2,1H3. The van der Waals surface area contributed by atoms with Gasteiger partial charge in [0.25, 0.3) is 0 Å². The highest BCUT2D eigenvalue weighted by molar-refractivity contribution is 4.70. The quantitative estimate of drug-likeness (QED) is 0.433. The van der Waals surface area contributed by atoms with E-state index in [9.17, 15) is 0 Å². The predicted molar refractivity (Wildman–Crippen MR) is 43.7 cm³/mol. The zero-order chi connectivity index (χ0) is 7.82. The van der Waals surface area contributed by atoms with E-state index in [0.717, 1.165) is 19.3 Å². The molecule has 0 fully saturated rings. The maximum Gasteiger partial charge on any atom is 0.105 e. The first-order valence-corrected chi connectivity index (χ1v) is 3.83. The number of rotatable bonds is 6. The summed E-state index contributed by atoms with van der Waals surface area (Å²) in [5, 5.41) is 12.1. The Balaban J connectivity index is 3.07. The van der Waals surface area contributed by atoms with Crippen LogP contribution in [0.25, 0.3) is 0 Å². The summed E-state index contributed by atoms with van der Waals surface area (Å²) >= 11 is 0. The minimum Gasteiger partial charge on any atom is -0.379 e. The van der Waals surface area contributed by atoms with Crippen LogP contribution in [0, 0.1) is 0 Å². The fourth-order valence-corrected chi connectivity index (χ4v) is 0.719. The van der Waals surface area contributed by atoms with Crippen LogP contribution in [0.5, 0.6) is 0 Å². The van der Waals surface area contributed by atoms with Crippen LogP contribution in [-0.2, 0) is 0 Å². The number of aliphatic hydroxyl groups is 1. The predicted octanol–water partition coefficient (Wildman–Crippen LogP) is 1.27. The van der Waals surface area contributed by atoms with Crippen LogP contribution in [0.1, 0.15) is 26.2 Å². The van der Waals surface area contributed by atoms with Crippen molar-refractivity contribution in [1.82, 2.24) is 5.32 Å². The molecule has 0 aromatic carbocycles. The third-order valence-electron chi connectivity index (χ3n) is 1.33. The lowest BCUT2D eigenvalue weighted by Crippen LogP contribution is -2.28. The molecule has 2 heteroatoms. The van der Waals surface area contributed by atoms with Crippen molar-refractivity contribution in [3.63, 3.8) is 0 Å². The van der Waals surface area contributed by atoms with Crippen molar-refractivity contribution in [2.24, 2.45) is 0 Å². The molecular weight excluding hydrogens is 126 g/mol. The smallest absolute Gasteiger partial charge is 0.105 e. The zero-order valence-corrected chi connectivity index (χ0v) is 6.64. The second-order valence-corrected chi connectivity index (χ2v) is 2.35. The molecule has 0 aliphatic rings. The molecule has 10 heavy (non-hydrogen) atoms. The lowest BCUT2D eigenvalue weighted by Gasteiger charge is -2.09. The summed E-state index contributed by atoms with van der Waals surface area (Å²) in [6.45, 7) is 6.34. The van der Waals surface area contributed by atoms with Crippen LogP contribution in [0.15, 0.2) is 12.7 Å². The van der Waals surface area contributed by atoms with E-state index < -0.39 is 0 Å². The van der Waals surface area contributed by atoms with Gasteiger partial charge in [0.1, 0.15) is 6.23 Å². The molecule has 2 N–H and O–H groups in total. The molecule has 1 unspecified atom stereocenters. The maximum atomic E-state index is 9.15. The van der Waals surface area contributed by atoms with E-state index in [1.807, 2.05) is 0 Å². The van der Waals surface area contributed by atoms with Gasteiger partial charge in [-0.05, 0) is 12.8 Å². The number of aliphatic hydroxyl groups excluding tert-OH is 1. The van der Waals surface area contributed by atoms with Crippen LogP contribution in [0.4, 0.5) is 0 Å². The van der Waals surface area contributed by atoms with E-state index in [1.54, 1.807) is 6.08 Å². The van der Waals surface area contributed by atoms with Crippen molar-refractivity contribution in [2.75, 3.05) is 6.54 Å². The highest BCUT2D eigenvalue weighted by atomic mass is 16.3. The lowest BCUT2D eigenvalue weighted by molar-refractivity contribution is 0.129. The van der Waals surface area contributed by atoms with Gasteiger partial charge in [-0.2, -0.15) is 0 Å². The summed E-state index contributed by atoms with van der Waals surface area (Å²) in [6, 6.07) is 0. The van der Waals surface area contributed by atoms with Crippen molar-refractivity contribution in [3.05, 3.63) is 12.7 Å². The Kier molecular flexibility index (Phi) is 6.55. The SMILES string of the molecule is C=CCNC(O)CCCC. The van der Waals surface area contributed by atoms with Crippen LogP contribution in [0.2, 0.25) is 0 Å². The maximum absolute atomic E-state index is 9.15. The Morgan fingerprint density at radius 3 is 2.90 bits per heavy atom. The molecule has 0 aromatic rings. The Hall–Kier alpha value is -0.340. The van der Waals surface area contributed by atoms with E-state index in [1.165, 1.54) is 0 Å². The van der Waals surface area contributed by atoms with E-state index in [2.05, 4.69) is 18.8 Å². The third kappa shape index (κ3) is 5.79. The molecule has 0 amide bonds. The van der Waals surface area contributed by atoms with E-state index in [4.69, 9.17) is 5.11 Å². The highest BCUT2D eigenvalue weighted by Crippen LogP contribution is 1.96. The number of hydrogen-bond donors (Lipinski definition) is 2. The molecule has 1 atom stereocenters. The summed E-state index contributed by atoms with van der Waals surface area (Å²) in [5.41, 5.74) is 0. The molecule has 0 heterocycles. The second kappa shape index (κ2) is 6.78. The second-order valence-electron chi connectivity index (χ2n) is 2.35. The van der Waals surface area contributed by atoms with Crippen molar-refractivity contribution < 1.29 is 5.11 Å². The van der Waals surface area contributed by atoms with Gasteiger partial charge in [-0.1, -0.05) is 19.4 Å². The number of nitrogens with one attached hydrogen (secondary N) is 1. The van der Waals surface area contributed by atoms with Gasteiger partial charge in [0.05, 0.1) is 0 Å². The first kappa shape index (κ1) is 9.66. The van der Waals surface area contributed by atoms with Crippen molar-refractivity contribution in [1.29, 1.82) is 0 Å². The summed E-state index contributed by atoms with van der Waals surface area (Å²) in [4.78, 5) is 0. The van der Waals surface area contributed by atoms with Crippen LogP contribution in [-0.4, -0.2) is 17.9 Å². The lowest BCUT2D eigenvalue weighted by atomic mass is 10.2. The van der Waals surface area contributed by atoms with Gasteiger partial charge in [0.15, 0.2) is 0 Å². The zero-order valence-electron chi connectivity index (χ0n) is 6.64. The average Bonchev–Trinajstić information content (AvgIpc) is 1.97. The summed E-state index contributed by atoms with van der Waals surface area (Å²) in [5.74, 6) is 0. The van der Waals surface area contributed by atoms with E-state index in [-0.39, 0.29) is 6.23 Å². The van der Waals surface area contributed by atoms with E-state index in [0.29, 0.717) is 6.54 Å². The van der Waals surface area contributed by atoms with Gasteiger partial charge in [-0.3, -0.25) is 5.32 Å². The molecule has 0 aliphatic heterocycles. The highest BCUT2D eigenvalue weighted by Gasteiger charge is 1.98. The third-order valence-corrected chi connectivity index (χ3v) is 1.33. The molecular formula is C8H17NO. The molecule has 0 bridgehead atoms. The van der Waals surface area contributed by atoms with Crippen molar-refractivity contribution in [3.8, 4) is 0 Å².